The van der Waals surface area contributed by atoms with Gasteiger partial charge in [-0.1, -0.05) is 27.7 Å². The molecule has 31 heavy (non-hydrogen) atoms. The summed E-state index contributed by atoms with van der Waals surface area (Å²) >= 11 is 0. The summed E-state index contributed by atoms with van der Waals surface area (Å²) in [7, 11) is 0. The van der Waals surface area contributed by atoms with E-state index in [1.165, 1.54) is 64.2 Å². The molecule has 0 aromatic heterocycles. The number of nitrogens with two attached hydrogens (primary N) is 1. The van der Waals surface area contributed by atoms with Crippen LogP contribution in [0.3, 0.4) is 0 Å². The van der Waals surface area contributed by atoms with Crippen molar-refractivity contribution >= 4 is 0 Å². The van der Waals surface area contributed by atoms with Gasteiger partial charge in [0.1, 0.15) is 0 Å². The highest BCUT2D eigenvalue weighted by Gasteiger charge is 2.53. The van der Waals surface area contributed by atoms with Gasteiger partial charge in [-0.3, -0.25) is 0 Å². The van der Waals surface area contributed by atoms with E-state index >= 15 is 0 Å². The Bertz CT molecular complexity index is 529. The molecule has 6 unspecified atom stereocenters. The Labute approximate surface area is 193 Å². The van der Waals surface area contributed by atoms with E-state index in [4.69, 9.17) is 5.73 Å². The molecule has 4 N–H and O–H groups in total. The zero-order chi connectivity index (χ0) is 22.1. The summed E-state index contributed by atoms with van der Waals surface area (Å²) in [4.78, 5) is 0. The Morgan fingerprint density at radius 3 is 1.77 bits per heavy atom. The van der Waals surface area contributed by atoms with E-state index in [1.54, 1.807) is 0 Å². The van der Waals surface area contributed by atoms with Gasteiger partial charge in [-0.15, -0.1) is 0 Å². The van der Waals surface area contributed by atoms with Gasteiger partial charge in [0.2, 0.25) is 0 Å². The van der Waals surface area contributed by atoms with Gasteiger partial charge in [0.15, 0.2) is 0 Å². The monoisotopic (exact) mass is 431 g/mol. The second kappa shape index (κ2) is 10.0. The van der Waals surface area contributed by atoms with Gasteiger partial charge in [-0.05, 0) is 130 Å². The molecule has 180 valence electrons. The molecule has 6 atom stereocenters. The third-order valence-electron chi connectivity index (χ3n) is 11.0. The fraction of sp³-hybridized carbons (Fsp3) is 1.00. The van der Waals surface area contributed by atoms with E-state index in [-0.39, 0.29) is 0 Å². The molecule has 4 saturated carbocycles. The van der Waals surface area contributed by atoms with Crippen LogP contribution in [0.5, 0.6) is 0 Å². The van der Waals surface area contributed by atoms with Crippen LogP contribution in [0.25, 0.3) is 0 Å². The molecular weight excluding hydrogens is 378 g/mol. The van der Waals surface area contributed by atoms with Gasteiger partial charge >= 0.3 is 0 Å². The molecule has 0 aromatic carbocycles. The molecule has 4 aliphatic carbocycles. The average molecular weight is 432 g/mol. The first-order valence-corrected chi connectivity index (χ1v) is 14.0. The second-order valence-corrected chi connectivity index (χ2v) is 13.1. The fourth-order valence-corrected chi connectivity index (χ4v) is 8.98. The third kappa shape index (κ3) is 5.04. The minimum absolute atomic E-state index is 0.587. The Kier molecular flexibility index (Phi) is 7.76. The van der Waals surface area contributed by atoms with E-state index in [0.717, 1.165) is 68.1 Å². The molecule has 0 heterocycles. The normalized spacial score (nSPS) is 38.2. The first-order chi connectivity index (χ1) is 14.8. The van der Waals surface area contributed by atoms with Crippen LogP contribution in [0, 0.1) is 46.3 Å². The molecule has 0 aromatic rings. The second-order valence-electron chi connectivity index (χ2n) is 13.1. The topological polar surface area (TPSA) is 50.1 Å². The Hall–Kier alpha value is -0.120. The molecule has 4 aliphatic rings. The molecule has 3 heteroatoms. The Morgan fingerprint density at radius 2 is 1.32 bits per heavy atom. The lowest BCUT2D eigenvalue weighted by Gasteiger charge is -2.40. The molecule has 0 spiro atoms. The zero-order valence-electron chi connectivity index (χ0n) is 21.2. The summed E-state index contributed by atoms with van der Waals surface area (Å²) in [5.41, 5.74) is 6.80. The van der Waals surface area contributed by atoms with Crippen molar-refractivity contribution in [3.8, 4) is 0 Å². The predicted octanol–water partition coefficient (Wildman–Crippen LogP) is 5.59. The van der Waals surface area contributed by atoms with E-state index in [0.29, 0.717) is 16.9 Å². The minimum atomic E-state index is 0.587. The molecule has 0 aliphatic heterocycles. The first-order valence-electron chi connectivity index (χ1n) is 14.0. The van der Waals surface area contributed by atoms with Gasteiger partial charge in [-0.2, -0.15) is 0 Å². The largest absolute Gasteiger partial charge is 0.330 e. The van der Waals surface area contributed by atoms with Gasteiger partial charge in [0.05, 0.1) is 0 Å². The Morgan fingerprint density at radius 1 is 0.774 bits per heavy atom. The van der Waals surface area contributed by atoms with Crippen molar-refractivity contribution < 1.29 is 0 Å². The number of rotatable bonds is 13. The first kappa shape index (κ1) is 24.0. The molecule has 3 nitrogen and oxygen atoms in total. The van der Waals surface area contributed by atoms with Crippen LogP contribution in [0.1, 0.15) is 98.3 Å². The highest BCUT2D eigenvalue weighted by Crippen LogP contribution is 2.62. The van der Waals surface area contributed by atoms with Crippen molar-refractivity contribution in [1.82, 2.24) is 10.6 Å². The lowest BCUT2D eigenvalue weighted by atomic mass is 9.66. The van der Waals surface area contributed by atoms with Crippen LogP contribution in [-0.2, 0) is 0 Å². The number of fused-ring (bicyclic) bond motifs is 4. The maximum Gasteiger partial charge on any atom is 0.00793 e. The Balaban J connectivity index is 1.28. The third-order valence-corrected chi connectivity index (χ3v) is 11.0. The summed E-state index contributed by atoms with van der Waals surface area (Å²) in [5.74, 6) is 6.02. The van der Waals surface area contributed by atoms with Crippen molar-refractivity contribution in [2.45, 2.75) is 104 Å². The molecule has 4 fully saturated rings. The van der Waals surface area contributed by atoms with Crippen molar-refractivity contribution in [3.63, 3.8) is 0 Å². The summed E-state index contributed by atoms with van der Waals surface area (Å²) in [6.45, 7) is 14.4. The van der Waals surface area contributed by atoms with Crippen LogP contribution in [0.2, 0.25) is 0 Å². The van der Waals surface area contributed by atoms with Crippen molar-refractivity contribution in [2.24, 2.45) is 52.1 Å². The van der Waals surface area contributed by atoms with Crippen LogP contribution in [0.4, 0.5) is 0 Å². The highest BCUT2D eigenvalue weighted by atomic mass is 15.0. The highest BCUT2D eigenvalue weighted by molar-refractivity contribution is 5.03. The van der Waals surface area contributed by atoms with Gasteiger partial charge in [0.25, 0.3) is 0 Å². The lowest BCUT2D eigenvalue weighted by molar-refractivity contribution is 0.0996. The summed E-state index contributed by atoms with van der Waals surface area (Å²) in [6, 6.07) is 0.709. The molecule has 0 amide bonds. The van der Waals surface area contributed by atoms with Gasteiger partial charge in [0, 0.05) is 19.1 Å². The summed E-state index contributed by atoms with van der Waals surface area (Å²) in [5, 5.41) is 7.56. The molecule has 0 radical (unpaired) electrons. The van der Waals surface area contributed by atoms with Gasteiger partial charge in [-0.25, -0.2) is 0 Å². The quantitative estimate of drug-likeness (QED) is 0.333. The van der Waals surface area contributed by atoms with Crippen molar-refractivity contribution in [1.29, 1.82) is 0 Å². The zero-order valence-corrected chi connectivity index (χ0v) is 21.2. The van der Waals surface area contributed by atoms with E-state index in [9.17, 15) is 0 Å². The average Bonchev–Trinajstić information content (AvgIpc) is 3.47. The van der Waals surface area contributed by atoms with Crippen LogP contribution in [0.15, 0.2) is 0 Å². The molecular formula is C28H53N3. The molecule has 0 saturated heterocycles. The maximum absolute atomic E-state index is 5.63. The minimum Gasteiger partial charge on any atom is -0.330 e. The smallest absolute Gasteiger partial charge is 0.00793 e. The summed E-state index contributed by atoms with van der Waals surface area (Å²) < 4.78 is 0. The van der Waals surface area contributed by atoms with E-state index in [2.05, 4.69) is 38.3 Å². The standard InChI is InChI=1S/C28H53N3/c1-27(2)22-8-6-20(18-22)25(27)12-10-24(31-17-16-30-15-5-14-29)11-13-26-21-7-9-23(19-21)28(26,3)4/h20-26,30-31H,5-19,29H2,1-4H3. The lowest BCUT2D eigenvalue weighted by Crippen LogP contribution is -2.38. The number of hydrogen-bond acceptors (Lipinski definition) is 3. The summed E-state index contributed by atoms with van der Waals surface area (Å²) in [6.07, 6.45) is 15.9. The number of nitrogens with one attached hydrogen (secondary N) is 2. The van der Waals surface area contributed by atoms with Gasteiger partial charge < -0.3 is 16.4 Å². The molecule has 4 bridgehead atoms. The predicted molar refractivity (Wildman–Crippen MR) is 133 cm³/mol. The van der Waals surface area contributed by atoms with Crippen LogP contribution in [-0.4, -0.2) is 32.2 Å². The van der Waals surface area contributed by atoms with Crippen molar-refractivity contribution in [3.05, 3.63) is 0 Å². The van der Waals surface area contributed by atoms with E-state index < -0.39 is 0 Å². The SMILES string of the molecule is CC1(C)C2CCC(C2)C1CCC(CCC1C2CCC(C2)C1(C)C)NCCNCCCN. The van der Waals surface area contributed by atoms with Crippen LogP contribution < -0.4 is 16.4 Å². The van der Waals surface area contributed by atoms with E-state index in [1.807, 2.05) is 0 Å². The van der Waals surface area contributed by atoms with Crippen LogP contribution >= 0.6 is 0 Å². The molecule has 4 rings (SSSR count). The van der Waals surface area contributed by atoms with Crippen molar-refractivity contribution in [2.75, 3.05) is 26.2 Å². The fourth-order valence-electron chi connectivity index (χ4n) is 8.98. The number of hydrogen-bond donors (Lipinski definition) is 3. The maximum atomic E-state index is 5.63.